The molecule has 0 radical (unpaired) electrons. The molecule has 0 heterocycles. The fraction of sp³-hybridized carbons (Fsp3) is 0.167. The Morgan fingerprint density at radius 2 is 1.75 bits per heavy atom. The lowest BCUT2D eigenvalue weighted by molar-refractivity contribution is -0.122. The molecular weight excluding hydrogens is 426 g/mol. The number of ether oxygens (including phenoxy) is 1. The van der Waals surface area contributed by atoms with Crippen LogP contribution in [0.15, 0.2) is 88.9 Å². The molecule has 3 rings (SSSR count). The van der Waals surface area contributed by atoms with Crippen molar-refractivity contribution in [3.05, 3.63) is 95.6 Å². The highest BCUT2D eigenvalue weighted by atomic mass is 32.2. The molecule has 0 spiro atoms. The molecule has 0 fully saturated rings. The maximum atomic E-state index is 12.9. The van der Waals surface area contributed by atoms with Crippen molar-refractivity contribution in [1.29, 1.82) is 0 Å². The average Bonchev–Trinajstić information content (AvgIpc) is 2.79. The van der Waals surface area contributed by atoms with E-state index in [1.54, 1.807) is 43.5 Å². The molecule has 0 aliphatic heterocycles. The number of aryl methyl sites for hydroxylation is 1. The van der Waals surface area contributed by atoms with E-state index in [-0.39, 0.29) is 11.3 Å². The number of sulfonamides is 1. The molecule has 0 saturated heterocycles. The quantitative estimate of drug-likeness (QED) is 0.386. The molecule has 3 aromatic carbocycles. The molecule has 0 saturated carbocycles. The van der Waals surface area contributed by atoms with Gasteiger partial charge in [-0.3, -0.25) is 4.79 Å². The lowest BCUT2D eigenvalue weighted by Crippen LogP contribution is -2.46. The molecule has 32 heavy (non-hydrogen) atoms. The topological polar surface area (TPSA) is 96.9 Å². The van der Waals surface area contributed by atoms with Crippen molar-refractivity contribution in [2.45, 2.75) is 24.3 Å². The number of amides is 1. The van der Waals surface area contributed by atoms with Gasteiger partial charge in [-0.2, -0.15) is 9.82 Å². The second-order valence-corrected chi connectivity index (χ2v) is 8.90. The zero-order chi connectivity index (χ0) is 23.0. The lowest BCUT2D eigenvalue weighted by Gasteiger charge is -2.17. The number of nitrogens with one attached hydrogen (secondary N) is 2. The first-order valence-electron chi connectivity index (χ1n) is 9.97. The fourth-order valence-corrected chi connectivity index (χ4v) is 4.18. The van der Waals surface area contributed by atoms with Crippen molar-refractivity contribution < 1.29 is 17.9 Å². The van der Waals surface area contributed by atoms with Gasteiger partial charge in [0.15, 0.2) is 0 Å². The summed E-state index contributed by atoms with van der Waals surface area (Å²) in [6.07, 6.45) is 1.64. The Bertz CT molecular complexity index is 1180. The first-order valence-corrected chi connectivity index (χ1v) is 11.5. The summed E-state index contributed by atoms with van der Waals surface area (Å²) >= 11 is 0. The van der Waals surface area contributed by atoms with E-state index >= 15 is 0 Å². The maximum Gasteiger partial charge on any atom is 0.258 e. The zero-order valence-corrected chi connectivity index (χ0v) is 18.7. The highest BCUT2D eigenvalue weighted by Crippen LogP contribution is 2.13. The van der Waals surface area contributed by atoms with E-state index in [0.717, 1.165) is 16.7 Å². The van der Waals surface area contributed by atoms with Crippen LogP contribution in [0.3, 0.4) is 0 Å². The van der Waals surface area contributed by atoms with E-state index in [1.807, 2.05) is 37.3 Å². The van der Waals surface area contributed by atoms with Crippen LogP contribution in [0.25, 0.3) is 0 Å². The molecule has 1 unspecified atom stereocenters. The molecule has 166 valence electrons. The molecule has 1 atom stereocenters. The minimum Gasteiger partial charge on any atom is -0.497 e. The smallest absolute Gasteiger partial charge is 0.258 e. The van der Waals surface area contributed by atoms with E-state index in [1.165, 1.54) is 18.3 Å². The summed E-state index contributed by atoms with van der Waals surface area (Å²) in [5.41, 5.74) is 4.92. The van der Waals surface area contributed by atoms with Crippen molar-refractivity contribution in [1.82, 2.24) is 10.1 Å². The predicted molar refractivity (Wildman–Crippen MR) is 124 cm³/mol. The molecule has 3 aromatic rings. The van der Waals surface area contributed by atoms with Gasteiger partial charge in [-0.25, -0.2) is 13.8 Å². The lowest BCUT2D eigenvalue weighted by atomic mass is 10.1. The molecule has 7 nitrogen and oxygen atoms in total. The molecule has 1 amide bonds. The summed E-state index contributed by atoms with van der Waals surface area (Å²) in [5.74, 6) is 0.0942. The van der Waals surface area contributed by atoms with Crippen LogP contribution in [0.4, 0.5) is 0 Å². The number of nitrogens with zero attached hydrogens (tertiary/aromatic N) is 1. The number of benzene rings is 3. The Balaban J connectivity index is 1.77. The molecular formula is C24H25N3O4S. The number of rotatable bonds is 9. The number of hydrogen-bond donors (Lipinski definition) is 2. The van der Waals surface area contributed by atoms with Gasteiger partial charge in [-0.05, 0) is 48.7 Å². The van der Waals surface area contributed by atoms with Crippen molar-refractivity contribution in [3.63, 3.8) is 0 Å². The van der Waals surface area contributed by atoms with Crippen LogP contribution in [-0.2, 0) is 21.2 Å². The predicted octanol–water partition coefficient (Wildman–Crippen LogP) is 3.04. The highest BCUT2D eigenvalue weighted by Gasteiger charge is 2.26. The first-order chi connectivity index (χ1) is 15.4. The van der Waals surface area contributed by atoms with Gasteiger partial charge >= 0.3 is 0 Å². The molecule has 0 aliphatic rings. The van der Waals surface area contributed by atoms with Gasteiger partial charge in [0.05, 0.1) is 18.2 Å². The van der Waals surface area contributed by atoms with Crippen molar-refractivity contribution in [2.24, 2.45) is 5.10 Å². The first kappa shape index (κ1) is 23.2. The Hall–Kier alpha value is -3.49. The fourth-order valence-electron chi connectivity index (χ4n) is 2.98. The van der Waals surface area contributed by atoms with Crippen LogP contribution in [0.5, 0.6) is 5.75 Å². The summed E-state index contributed by atoms with van der Waals surface area (Å²) in [6, 6.07) is 21.7. The van der Waals surface area contributed by atoms with Crippen molar-refractivity contribution in [3.8, 4) is 5.75 Å². The van der Waals surface area contributed by atoms with Gasteiger partial charge in [0.2, 0.25) is 10.0 Å². The van der Waals surface area contributed by atoms with Crippen LogP contribution < -0.4 is 14.9 Å². The van der Waals surface area contributed by atoms with E-state index in [0.29, 0.717) is 5.75 Å². The Morgan fingerprint density at radius 3 is 2.44 bits per heavy atom. The Morgan fingerprint density at radius 1 is 1.03 bits per heavy atom. The van der Waals surface area contributed by atoms with E-state index in [9.17, 15) is 13.2 Å². The SMILES string of the molecule is COc1cccc(/C=N/NC(=O)C(Cc2ccccc2)NS(=O)(=O)c2ccc(C)cc2)c1. The van der Waals surface area contributed by atoms with Crippen LogP contribution in [-0.4, -0.2) is 33.7 Å². The maximum absolute atomic E-state index is 12.9. The van der Waals surface area contributed by atoms with Gasteiger partial charge in [0, 0.05) is 0 Å². The molecule has 0 aliphatic carbocycles. The van der Waals surface area contributed by atoms with Gasteiger partial charge in [0.1, 0.15) is 11.8 Å². The number of methoxy groups -OCH3 is 1. The third-order valence-electron chi connectivity index (χ3n) is 4.71. The van der Waals surface area contributed by atoms with Gasteiger partial charge < -0.3 is 4.74 Å². The average molecular weight is 452 g/mol. The minimum absolute atomic E-state index is 0.0915. The summed E-state index contributed by atoms with van der Waals surface area (Å²) in [7, 11) is -2.34. The molecule has 2 N–H and O–H groups in total. The van der Waals surface area contributed by atoms with Gasteiger partial charge in [-0.15, -0.1) is 0 Å². The van der Waals surface area contributed by atoms with Gasteiger partial charge in [-0.1, -0.05) is 60.2 Å². The van der Waals surface area contributed by atoms with Crippen LogP contribution in [0.1, 0.15) is 16.7 Å². The second kappa shape index (κ2) is 10.7. The monoisotopic (exact) mass is 451 g/mol. The third-order valence-corrected chi connectivity index (χ3v) is 6.20. The van der Waals surface area contributed by atoms with Crippen LogP contribution >= 0.6 is 0 Å². The van der Waals surface area contributed by atoms with Crippen molar-refractivity contribution in [2.75, 3.05) is 7.11 Å². The van der Waals surface area contributed by atoms with Gasteiger partial charge in [0.25, 0.3) is 5.91 Å². The van der Waals surface area contributed by atoms with E-state index in [4.69, 9.17) is 4.74 Å². The molecule has 8 heteroatoms. The number of carbonyl (C=O) groups excluding carboxylic acids is 1. The highest BCUT2D eigenvalue weighted by molar-refractivity contribution is 7.89. The summed E-state index contributed by atoms with van der Waals surface area (Å²) in [5, 5.41) is 3.98. The summed E-state index contributed by atoms with van der Waals surface area (Å²) in [6.45, 7) is 1.87. The van der Waals surface area contributed by atoms with E-state index in [2.05, 4.69) is 15.2 Å². The van der Waals surface area contributed by atoms with Crippen LogP contribution in [0.2, 0.25) is 0 Å². The van der Waals surface area contributed by atoms with Crippen LogP contribution in [0, 0.1) is 6.92 Å². The van der Waals surface area contributed by atoms with Crippen molar-refractivity contribution >= 4 is 22.1 Å². The Kier molecular flexibility index (Phi) is 7.75. The zero-order valence-electron chi connectivity index (χ0n) is 17.9. The second-order valence-electron chi connectivity index (χ2n) is 7.19. The molecule has 0 bridgehead atoms. The standard InChI is InChI=1S/C24H25N3O4S/c1-18-11-13-22(14-12-18)32(29,30)27-23(16-19-7-4-3-5-8-19)24(28)26-25-17-20-9-6-10-21(15-20)31-2/h3-15,17,23,27H,16H2,1-2H3,(H,26,28)/b25-17+. The number of carbonyl (C=O) groups is 1. The number of hydrogen-bond acceptors (Lipinski definition) is 5. The minimum atomic E-state index is -3.91. The Labute approximate surface area is 188 Å². The third kappa shape index (κ3) is 6.50. The normalized spacial score (nSPS) is 12.4. The largest absolute Gasteiger partial charge is 0.497 e. The van der Waals surface area contributed by atoms with E-state index < -0.39 is 22.0 Å². The molecule has 0 aromatic heterocycles. The summed E-state index contributed by atoms with van der Waals surface area (Å²) in [4.78, 5) is 12.9. The summed E-state index contributed by atoms with van der Waals surface area (Å²) < 4.78 is 33.4. The number of hydrazone groups is 1.